The maximum absolute atomic E-state index is 13.5. The van der Waals surface area contributed by atoms with Crippen LogP contribution in [-0.4, -0.2) is 34.8 Å². The normalized spacial score (nSPS) is 24.1. The molecule has 0 aromatic heterocycles. The molecule has 174 valence electrons. The molecule has 1 aliphatic heterocycles. The van der Waals surface area contributed by atoms with Crippen LogP contribution in [-0.2, 0) is 16.1 Å². The van der Waals surface area contributed by atoms with Crippen molar-refractivity contribution >= 4 is 23.5 Å². The number of hydrogen-bond acceptors (Lipinski definition) is 3. The molecule has 2 aromatic carbocycles. The minimum atomic E-state index is -0.910. The summed E-state index contributed by atoms with van der Waals surface area (Å²) in [5.74, 6) is -0.244. The van der Waals surface area contributed by atoms with Crippen LogP contribution in [0, 0.1) is 18.3 Å². The molecule has 1 spiro atoms. The molecule has 4 amide bonds. The van der Waals surface area contributed by atoms with Crippen molar-refractivity contribution in [2.45, 2.75) is 59.0 Å². The molecule has 0 radical (unpaired) electrons. The van der Waals surface area contributed by atoms with E-state index in [0.717, 1.165) is 28.1 Å². The van der Waals surface area contributed by atoms with E-state index in [1.54, 1.807) is 4.90 Å². The van der Waals surface area contributed by atoms with Gasteiger partial charge in [-0.1, -0.05) is 68.8 Å². The number of carbonyl (C=O) groups is 3. The fourth-order valence-electron chi connectivity index (χ4n) is 5.68. The number of urea groups is 1. The molecule has 33 heavy (non-hydrogen) atoms. The van der Waals surface area contributed by atoms with Crippen molar-refractivity contribution in [3.8, 4) is 0 Å². The maximum Gasteiger partial charge on any atom is 0.325 e. The second-order valence-electron chi connectivity index (χ2n) is 10.6. The Morgan fingerprint density at radius 2 is 1.73 bits per heavy atom. The van der Waals surface area contributed by atoms with E-state index >= 15 is 0 Å². The molecular formula is C27H33N3O3. The molecule has 2 aromatic rings. The smallest absolute Gasteiger partial charge is 0.323 e. The lowest BCUT2D eigenvalue weighted by Crippen LogP contribution is -2.54. The number of hydrogen-bond donors (Lipinski definition) is 1. The van der Waals surface area contributed by atoms with Gasteiger partial charge >= 0.3 is 6.03 Å². The SMILES string of the molecule is Cc1ccc(N(Cc2ccccc2)C(=O)CN2C(=O)N[C@@]3(C[C@H](C)CC(C)(C)C3)C2=O)cc1. The fraction of sp³-hybridized carbons (Fsp3) is 0.444. The summed E-state index contributed by atoms with van der Waals surface area (Å²) in [6.07, 6.45) is 2.21. The molecule has 4 rings (SSSR count). The van der Waals surface area contributed by atoms with E-state index < -0.39 is 11.6 Å². The van der Waals surface area contributed by atoms with E-state index in [2.05, 4.69) is 26.1 Å². The van der Waals surface area contributed by atoms with Gasteiger partial charge in [0.05, 0.1) is 6.54 Å². The summed E-state index contributed by atoms with van der Waals surface area (Å²) in [6.45, 7) is 8.47. The van der Waals surface area contributed by atoms with Crippen LogP contribution >= 0.6 is 0 Å². The van der Waals surface area contributed by atoms with Crippen LogP contribution in [0.1, 0.15) is 51.2 Å². The van der Waals surface area contributed by atoms with E-state index in [1.807, 2.05) is 61.5 Å². The Labute approximate surface area is 196 Å². The second kappa shape index (κ2) is 8.65. The summed E-state index contributed by atoms with van der Waals surface area (Å²) in [6, 6.07) is 16.9. The first-order valence-corrected chi connectivity index (χ1v) is 11.6. The molecule has 1 saturated heterocycles. The molecule has 1 N–H and O–H groups in total. The van der Waals surface area contributed by atoms with Crippen molar-refractivity contribution in [2.75, 3.05) is 11.4 Å². The van der Waals surface area contributed by atoms with Gasteiger partial charge in [-0.3, -0.25) is 14.5 Å². The number of imide groups is 1. The molecule has 2 fully saturated rings. The van der Waals surface area contributed by atoms with Gasteiger partial charge in [0.15, 0.2) is 0 Å². The molecular weight excluding hydrogens is 414 g/mol. The zero-order valence-corrected chi connectivity index (χ0v) is 19.9. The topological polar surface area (TPSA) is 69.7 Å². The average Bonchev–Trinajstić information content (AvgIpc) is 2.95. The highest BCUT2D eigenvalue weighted by atomic mass is 16.2. The molecule has 0 unspecified atom stereocenters. The summed E-state index contributed by atoms with van der Waals surface area (Å²) in [4.78, 5) is 42.6. The van der Waals surface area contributed by atoms with E-state index in [-0.39, 0.29) is 23.8 Å². The third-order valence-corrected chi connectivity index (χ3v) is 6.75. The second-order valence-corrected chi connectivity index (χ2v) is 10.6. The Hall–Kier alpha value is -3.15. The minimum Gasteiger partial charge on any atom is -0.323 e. The Morgan fingerprint density at radius 1 is 1.06 bits per heavy atom. The van der Waals surface area contributed by atoms with Crippen LogP contribution in [0.15, 0.2) is 54.6 Å². The largest absolute Gasteiger partial charge is 0.325 e. The van der Waals surface area contributed by atoms with Crippen molar-refractivity contribution in [2.24, 2.45) is 11.3 Å². The number of anilines is 1. The third kappa shape index (κ3) is 4.80. The number of nitrogens with zero attached hydrogens (tertiary/aromatic N) is 2. The monoisotopic (exact) mass is 447 g/mol. The van der Waals surface area contributed by atoms with Crippen molar-refractivity contribution in [3.05, 3.63) is 65.7 Å². The zero-order chi connectivity index (χ0) is 23.8. The summed E-state index contributed by atoms with van der Waals surface area (Å²) < 4.78 is 0. The van der Waals surface area contributed by atoms with Crippen LogP contribution in [0.25, 0.3) is 0 Å². The predicted octanol–water partition coefficient (Wildman–Crippen LogP) is 4.67. The van der Waals surface area contributed by atoms with Crippen molar-refractivity contribution in [1.82, 2.24) is 10.2 Å². The third-order valence-electron chi connectivity index (χ3n) is 6.75. The van der Waals surface area contributed by atoms with Crippen molar-refractivity contribution < 1.29 is 14.4 Å². The van der Waals surface area contributed by atoms with Crippen LogP contribution < -0.4 is 10.2 Å². The van der Waals surface area contributed by atoms with Gasteiger partial charge in [0.1, 0.15) is 12.1 Å². The molecule has 1 heterocycles. The highest BCUT2D eigenvalue weighted by molar-refractivity contribution is 6.10. The number of carbonyl (C=O) groups excluding carboxylic acids is 3. The lowest BCUT2D eigenvalue weighted by molar-refractivity contribution is -0.137. The van der Waals surface area contributed by atoms with Crippen molar-refractivity contribution in [1.29, 1.82) is 0 Å². The highest BCUT2D eigenvalue weighted by Gasteiger charge is 2.56. The van der Waals surface area contributed by atoms with Gasteiger partial charge < -0.3 is 10.2 Å². The predicted molar refractivity (Wildman–Crippen MR) is 129 cm³/mol. The van der Waals surface area contributed by atoms with Gasteiger partial charge in [-0.15, -0.1) is 0 Å². The van der Waals surface area contributed by atoms with Gasteiger partial charge in [-0.05, 0) is 55.2 Å². The Morgan fingerprint density at radius 3 is 2.36 bits per heavy atom. The van der Waals surface area contributed by atoms with Crippen LogP contribution in [0.4, 0.5) is 10.5 Å². The summed E-state index contributed by atoms with van der Waals surface area (Å²) in [5.41, 5.74) is 1.84. The van der Waals surface area contributed by atoms with Gasteiger partial charge in [0.2, 0.25) is 5.91 Å². The Kier molecular flexibility index (Phi) is 6.04. The first-order chi connectivity index (χ1) is 15.6. The maximum atomic E-state index is 13.5. The Balaban J connectivity index is 1.58. The fourth-order valence-corrected chi connectivity index (χ4v) is 5.68. The Bertz CT molecular complexity index is 1050. The van der Waals surface area contributed by atoms with Crippen LogP contribution in [0.5, 0.6) is 0 Å². The number of benzene rings is 2. The van der Waals surface area contributed by atoms with Gasteiger partial charge in [-0.25, -0.2) is 4.79 Å². The van der Waals surface area contributed by atoms with Gasteiger partial charge in [0.25, 0.3) is 5.91 Å². The molecule has 6 nitrogen and oxygen atoms in total. The molecule has 1 saturated carbocycles. The summed E-state index contributed by atoms with van der Waals surface area (Å²) >= 11 is 0. The quantitative estimate of drug-likeness (QED) is 0.678. The van der Waals surface area contributed by atoms with Crippen molar-refractivity contribution in [3.63, 3.8) is 0 Å². The zero-order valence-electron chi connectivity index (χ0n) is 19.9. The number of nitrogens with one attached hydrogen (secondary N) is 1. The molecule has 1 aliphatic carbocycles. The number of amides is 4. The van der Waals surface area contributed by atoms with Gasteiger partial charge in [-0.2, -0.15) is 0 Å². The standard InChI is InChI=1S/C27H33N3O3/c1-19-10-12-22(13-11-19)29(16-21-8-6-5-7-9-21)23(31)17-30-24(32)27(28-25(30)33)15-20(2)14-26(3,4)18-27/h5-13,20H,14-18H2,1-4H3,(H,28,33)/t20-,27-/m1/s1. The molecule has 2 atom stereocenters. The van der Waals surface area contributed by atoms with E-state index in [0.29, 0.717) is 25.3 Å². The van der Waals surface area contributed by atoms with E-state index in [4.69, 9.17) is 0 Å². The van der Waals surface area contributed by atoms with Crippen LogP contribution in [0.3, 0.4) is 0 Å². The number of aryl methyl sites for hydroxylation is 1. The molecule has 0 bridgehead atoms. The lowest BCUT2D eigenvalue weighted by Gasteiger charge is -2.43. The van der Waals surface area contributed by atoms with Gasteiger partial charge in [0, 0.05) is 5.69 Å². The lowest BCUT2D eigenvalue weighted by atomic mass is 9.64. The summed E-state index contributed by atoms with van der Waals surface area (Å²) in [7, 11) is 0. The minimum absolute atomic E-state index is 0.0537. The average molecular weight is 448 g/mol. The van der Waals surface area contributed by atoms with E-state index in [9.17, 15) is 14.4 Å². The first-order valence-electron chi connectivity index (χ1n) is 11.6. The molecule has 2 aliphatic rings. The van der Waals surface area contributed by atoms with E-state index in [1.165, 1.54) is 0 Å². The van der Waals surface area contributed by atoms with Crippen LogP contribution in [0.2, 0.25) is 0 Å². The first kappa shape index (κ1) is 23.0. The highest BCUT2D eigenvalue weighted by Crippen LogP contribution is 2.46. The number of rotatable bonds is 5. The summed E-state index contributed by atoms with van der Waals surface area (Å²) in [5, 5.41) is 2.96. The molecule has 6 heteroatoms.